The molecule has 0 unspecified atom stereocenters. The van der Waals surface area contributed by atoms with E-state index in [9.17, 15) is 8.42 Å². The Morgan fingerprint density at radius 3 is 2.50 bits per heavy atom. The van der Waals surface area contributed by atoms with E-state index >= 15 is 0 Å². The topological polar surface area (TPSA) is 81.4 Å². The number of benzene rings is 1. The standard InChI is InChI=1S/C12H18N2O3S/c1-12(6-8-17-9-7-12)14-18(15,16)11-5-3-2-4-10(11)13/h2-5,14H,6-9,13H2,1H3. The van der Waals surface area contributed by atoms with Gasteiger partial charge in [-0.1, -0.05) is 12.1 Å². The highest BCUT2D eigenvalue weighted by molar-refractivity contribution is 7.89. The van der Waals surface area contributed by atoms with Crippen LogP contribution in [0.4, 0.5) is 5.69 Å². The van der Waals surface area contributed by atoms with Crippen molar-refractivity contribution in [2.24, 2.45) is 0 Å². The third-order valence-electron chi connectivity index (χ3n) is 3.19. The Morgan fingerprint density at radius 1 is 1.28 bits per heavy atom. The number of sulfonamides is 1. The summed E-state index contributed by atoms with van der Waals surface area (Å²) in [5.74, 6) is 0. The number of para-hydroxylation sites is 1. The van der Waals surface area contributed by atoms with Crippen LogP contribution in [-0.2, 0) is 14.8 Å². The first-order valence-corrected chi connectivity index (χ1v) is 7.38. The second-order valence-electron chi connectivity index (χ2n) is 4.82. The molecule has 1 saturated heterocycles. The smallest absolute Gasteiger partial charge is 0.243 e. The van der Waals surface area contributed by atoms with Crippen molar-refractivity contribution in [2.45, 2.75) is 30.2 Å². The van der Waals surface area contributed by atoms with Gasteiger partial charge in [0.15, 0.2) is 0 Å². The van der Waals surface area contributed by atoms with E-state index in [1.807, 2.05) is 6.92 Å². The summed E-state index contributed by atoms with van der Waals surface area (Å²) >= 11 is 0. The van der Waals surface area contributed by atoms with Gasteiger partial charge in [-0.25, -0.2) is 13.1 Å². The highest BCUT2D eigenvalue weighted by Gasteiger charge is 2.33. The molecule has 0 bridgehead atoms. The van der Waals surface area contributed by atoms with Crippen molar-refractivity contribution in [1.82, 2.24) is 4.72 Å². The van der Waals surface area contributed by atoms with Crippen LogP contribution in [0.1, 0.15) is 19.8 Å². The van der Waals surface area contributed by atoms with Gasteiger partial charge >= 0.3 is 0 Å². The quantitative estimate of drug-likeness (QED) is 0.806. The van der Waals surface area contributed by atoms with E-state index in [1.54, 1.807) is 18.2 Å². The van der Waals surface area contributed by atoms with Gasteiger partial charge < -0.3 is 10.5 Å². The van der Waals surface area contributed by atoms with Gasteiger partial charge in [0, 0.05) is 18.8 Å². The van der Waals surface area contributed by atoms with Crippen molar-refractivity contribution >= 4 is 15.7 Å². The average molecular weight is 270 g/mol. The monoisotopic (exact) mass is 270 g/mol. The van der Waals surface area contributed by atoms with Crippen LogP contribution in [0.25, 0.3) is 0 Å². The molecule has 0 atom stereocenters. The fraction of sp³-hybridized carbons (Fsp3) is 0.500. The number of nitrogens with one attached hydrogen (secondary N) is 1. The molecule has 1 heterocycles. The molecule has 2 rings (SSSR count). The molecule has 3 N–H and O–H groups in total. The van der Waals surface area contributed by atoms with Crippen molar-refractivity contribution in [3.05, 3.63) is 24.3 Å². The number of rotatable bonds is 3. The van der Waals surface area contributed by atoms with Crippen molar-refractivity contribution in [2.75, 3.05) is 18.9 Å². The zero-order valence-corrected chi connectivity index (χ0v) is 11.2. The summed E-state index contributed by atoms with van der Waals surface area (Å²) in [7, 11) is -3.58. The molecule has 0 aromatic heterocycles. The molecule has 1 aromatic carbocycles. The molecule has 0 aliphatic carbocycles. The number of ether oxygens (including phenoxy) is 1. The molecule has 1 aromatic rings. The molecule has 6 heteroatoms. The maximum Gasteiger partial charge on any atom is 0.243 e. The van der Waals surface area contributed by atoms with Crippen LogP contribution in [0, 0.1) is 0 Å². The highest BCUT2D eigenvalue weighted by Crippen LogP contribution is 2.24. The van der Waals surface area contributed by atoms with E-state index in [4.69, 9.17) is 10.5 Å². The second kappa shape index (κ2) is 4.87. The Kier molecular flexibility index (Phi) is 3.61. The molecule has 5 nitrogen and oxygen atoms in total. The van der Waals surface area contributed by atoms with Gasteiger partial charge in [0.1, 0.15) is 4.90 Å². The SMILES string of the molecule is CC1(NS(=O)(=O)c2ccccc2N)CCOCC1. The summed E-state index contributed by atoms with van der Waals surface area (Å²) in [5, 5.41) is 0. The minimum atomic E-state index is -3.58. The van der Waals surface area contributed by atoms with Crippen molar-refractivity contribution < 1.29 is 13.2 Å². The fourth-order valence-electron chi connectivity index (χ4n) is 2.03. The van der Waals surface area contributed by atoms with E-state index < -0.39 is 15.6 Å². The Labute approximate surface area is 107 Å². The molecule has 100 valence electrons. The summed E-state index contributed by atoms with van der Waals surface area (Å²) in [5.41, 5.74) is 5.52. The van der Waals surface area contributed by atoms with Crippen molar-refractivity contribution in [3.63, 3.8) is 0 Å². The maximum atomic E-state index is 12.3. The van der Waals surface area contributed by atoms with Gasteiger partial charge in [-0.05, 0) is 31.9 Å². The minimum Gasteiger partial charge on any atom is -0.398 e. The van der Waals surface area contributed by atoms with Crippen LogP contribution in [0.2, 0.25) is 0 Å². The molecular weight excluding hydrogens is 252 g/mol. The van der Waals surface area contributed by atoms with Crippen LogP contribution < -0.4 is 10.5 Å². The lowest BCUT2D eigenvalue weighted by atomic mass is 9.94. The summed E-state index contributed by atoms with van der Waals surface area (Å²) in [6, 6.07) is 6.48. The second-order valence-corrected chi connectivity index (χ2v) is 6.47. The van der Waals surface area contributed by atoms with E-state index in [1.165, 1.54) is 6.07 Å². The Bertz CT molecular complexity index is 522. The lowest BCUT2D eigenvalue weighted by molar-refractivity contribution is 0.0537. The van der Waals surface area contributed by atoms with E-state index in [0.717, 1.165) is 0 Å². The van der Waals surface area contributed by atoms with Crippen molar-refractivity contribution in [1.29, 1.82) is 0 Å². The maximum absolute atomic E-state index is 12.3. The molecule has 18 heavy (non-hydrogen) atoms. The minimum absolute atomic E-state index is 0.137. The normalized spacial score (nSPS) is 19.6. The number of hydrogen-bond acceptors (Lipinski definition) is 4. The lowest BCUT2D eigenvalue weighted by Gasteiger charge is -2.34. The molecule has 0 amide bonds. The molecule has 0 spiro atoms. The molecule has 1 aliphatic heterocycles. The number of anilines is 1. The van der Waals surface area contributed by atoms with Gasteiger partial charge in [-0.15, -0.1) is 0 Å². The van der Waals surface area contributed by atoms with Crippen molar-refractivity contribution in [3.8, 4) is 0 Å². The van der Waals surface area contributed by atoms with E-state index in [-0.39, 0.29) is 10.6 Å². The highest BCUT2D eigenvalue weighted by atomic mass is 32.2. The van der Waals surface area contributed by atoms with Gasteiger partial charge in [0.05, 0.1) is 5.69 Å². The van der Waals surface area contributed by atoms with Crippen LogP contribution in [0.15, 0.2) is 29.2 Å². The van der Waals surface area contributed by atoms with Crippen LogP contribution >= 0.6 is 0 Å². The van der Waals surface area contributed by atoms with Gasteiger partial charge in [-0.3, -0.25) is 0 Å². The Balaban J connectivity index is 2.25. The van der Waals surface area contributed by atoms with E-state index in [0.29, 0.717) is 26.1 Å². The number of nitrogens with two attached hydrogens (primary N) is 1. The van der Waals surface area contributed by atoms with Crippen LogP contribution in [0.3, 0.4) is 0 Å². The molecule has 0 radical (unpaired) electrons. The Hall–Kier alpha value is -1.11. The summed E-state index contributed by atoms with van der Waals surface area (Å²) in [4.78, 5) is 0.137. The van der Waals surface area contributed by atoms with Gasteiger partial charge in [-0.2, -0.15) is 0 Å². The summed E-state index contributed by atoms with van der Waals surface area (Å²) in [6.07, 6.45) is 1.33. The molecular formula is C12H18N2O3S. The summed E-state index contributed by atoms with van der Waals surface area (Å²) in [6.45, 7) is 3.04. The average Bonchev–Trinajstić information content (AvgIpc) is 2.28. The first-order valence-electron chi connectivity index (χ1n) is 5.89. The first-order chi connectivity index (χ1) is 8.43. The Morgan fingerprint density at radius 2 is 1.89 bits per heavy atom. The molecule has 0 saturated carbocycles. The van der Waals surface area contributed by atoms with E-state index in [2.05, 4.69) is 4.72 Å². The largest absolute Gasteiger partial charge is 0.398 e. The third-order valence-corrected chi connectivity index (χ3v) is 4.90. The predicted molar refractivity (Wildman–Crippen MR) is 69.6 cm³/mol. The van der Waals surface area contributed by atoms with Crippen LogP contribution in [-0.4, -0.2) is 27.2 Å². The molecule has 1 fully saturated rings. The van der Waals surface area contributed by atoms with Crippen LogP contribution in [0.5, 0.6) is 0 Å². The summed E-state index contributed by atoms with van der Waals surface area (Å²) < 4.78 is 32.6. The number of hydrogen-bond donors (Lipinski definition) is 2. The predicted octanol–water partition coefficient (Wildman–Crippen LogP) is 1.12. The van der Waals surface area contributed by atoms with Gasteiger partial charge in [0.2, 0.25) is 10.0 Å². The first kappa shape index (κ1) is 13.3. The van der Waals surface area contributed by atoms with Gasteiger partial charge in [0.25, 0.3) is 0 Å². The number of nitrogen functional groups attached to an aromatic ring is 1. The molecule has 1 aliphatic rings. The fourth-order valence-corrected chi connectivity index (χ4v) is 3.63. The third kappa shape index (κ3) is 2.82. The lowest BCUT2D eigenvalue weighted by Crippen LogP contribution is -2.49. The zero-order valence-electron chi connectivity index (χ0n) is 10.3. The zero-order chi connectivity index (χ0) is 13.2.